The highest BCUT2D eigenvalue weighted by molar-refractivity contribution is 5.97. The van der Waals surface area contributed by atoms with E-state index in [0.29, 0.717) is 5.56 Å². The van der Waals surface area contributed by atoms with Gasteiger partial charge in [-0.1, -0.05) is 0 Å². The Bertz CT molecular complexity index is 461. The smallest absolute Gasteiger partial charge is 0.267 e. The molecular weight excluding hydrogens is 240 g/mol. The van der Waals surface area contributed by atoms with Crippen molar-refractivity contribution >= 4 is 11.6 Å². The largest absolute Gasteiger partial charge is 0.397 e. The molecule has 9 N–H and O–H groups in total. The molecule has 1 aliphatic heterocycles. The van der Waals surface area contributed by atoms with Crippen LogP contribution in [0.25, 0.3) is 0 Å². The molecule has 1 saturated heterocycles. The predicted molar refractivity (Wildman–Crippen MR) is 62.5 cm³/mol. The molecule has 0 aromatic carbocycles. The standard InChI is InChI=1S/C10H16N4O4/c11-5-3(1-13-7(5)10(12)18)6-9(17)8(16)4(2-15)14-6/h1,4,6,8-9,13-17H,2,11H2,(H2,12,18)/t4-,6?,8+,9-/m1/s1. The van der Waals surface area contributed by atoms with Crippen molar-refractivity contribution < 1.29 is 20.1 Å². The van der Waals surface area contributed by atoms with Crippen molar-refractivity contribution in [3.63, 3.8) is 0 Å². The zero-order chi connectivity index (χ0) is 13.4. The quantitative estimate of drug-likeness (QED) is 0.315. The third-order valence-corrected chi connectivity index (χ3v) is 3.23. The number of carbonyl (C=O) groups is 1. The first-order chi connectivity index (χ1) is 8.47. The van der Waals surface area contributed by atoms with E-state index in [2.05, 4.69) is 10.3 Å². The molecular formula is C10H16N4O4. The van der Waals surface area contributed by atoms with Crippen molar-refractivity contribution in [1.29, 1.82) is 0 Å². The molecule has 1 aliphatic rings. The maximum absolute atomic E-state index is 11.1. The number of amides is 1. The van der Waals surface area contributed by atoms with Crippen LogP contribution < -0.4 is 16.8 Å². The number of aliphatic hydroxyl groups excluding tert-OH is 3. The summed E-state index contributed by atoms with van der Waals surface area (Å²) in [6.07, 6.45) is -0.782. The van der Waals surface area contributed by atoms with Crippen molar-refractivity contribution in [2.75, 3.05) is 12.3 Å². The van der Waals surface area contributed by atoms with E-state index >= 15 is 0 Å². The summed E-state index contributed by atoms with van der Waals surface area (Å²) < 4.78 is 0. The van der Waals surface area contributed by atoms with Gasteiger partial charge in [-0.3, -0.25) is 4.79 Å². The zero-order valence-corrected chi connectivity index (χ0v) is 9.50. The number of aromatic amines is 1. The van der Waals surface area contributed by atoms with Gasteiger partial charge >= 0.3 is 0 Å². The number of primary amides is 1. The van der Waals surface area contributed by atoms with Crippen molar-refractivity contribution in [3.05, 3.63) is 17.5 Å². The van der Waals surface area contributed by atoms with Crippen LogP contribution in [-0.4, -0.2) is 51.1 Å². The van der Waals surface area contributed by atoms with Gasteiger partial charge in [0.1, 0.15) is 11.8 Å². The van der Waals surface area contributed by atoms with Crippen molar-refractivity contribution in [2.24, 2.45) is 5.73 Å². The number of anilines is 1. The predicted octanol–water partition coefficient (Wildman–Crippen LogP) is -2.58. The summed E-state index contributed by atoms with van der Waals surface area (Å²) in [6, 6.07) is -1.31. The minimum atomic E-state index is -1.12. The molecule has 1 fully saturated rings. The molecule has 0 aliphatic carbocycles. The van der Waals surface area contributed by atoms with Crippen LogP contribution in [0.1, 0.15) is 22.1 Å². The van der Waals surface area contributed by atoms with Crippen LogP contribution >= 0.6 is 0 Å². The molecule has 18 heavy (non-hydrogen) atoms. The van der Waals surface area contributed by atoms with Gasteiger partial charge in [-0.15, -0.1) is 0 Å². The molecule has 4 atom stereocenters. The number of hydrogen-bond acceptors (Lipinski definition) is 6. The third-order valence-electron chi connectivity index (χ3n) is 3.23. The van der Waals surface area contributed by atoms with E-state index in [1.54, 1.807) is 0 Å². The van der Waals surface area contributed by atoms with Gasteiger partial charge in [0.15, 0.2) is 0 Å². The van der Waals surface area contributed by atoms with Gasteiger partial charge in [0.25, 0.3) is 5.91 Å². The molecule has 1 aromatic heterocycles. The monoisotopic (exact) mass is 256 g/mol. The fourth-order valence-electron chi connectivity index (χ4n) is 2.21. The second-order valence-corrected chi connectivity index (χ2v) is 4.31. The molecule has 1 aromatic rings. The summed E-state index contributed by atoms with van der Waals surface area (Å²) in [6.45, 7) is -0.318. The zero-order valence-electron chi connectivity index (χ0n) is 9.50. The minimum Gasteiger partial charge on any atom is -0.397 e. The van der Waals surface area contributed by atoms with Crippen molar-refractivity contribution in [3.8, 4) is 0 Å². The van der Waals surface area contributed by atoms with Gasteiger partial charge in [0.2, 0.25) is 0 Å². The molecule has 1 amide bonds. The van der Waals surface area contributed by atoms with Crippen molar-refractivity contribution in [2.45, 2.75) is 24.3 Å². The second kappa shape index (κ2) is 4.58. The number of rotatable bonds is 3. The average molecular weight is 256 g/mol. The summed E-state index contributed by atoms with van der Waals surface area (Å²) in [5.74, 6) is -0.703. The van der Waals surface area contributed by atoms with E-state index < -0.39 is 30.2 Å². The van der Waals surface area contributed by atoms with Crippen LogP contribution in [0.2, 0.25) is 0 Å². The molecule has 2 heterocycles. The highest BCUT2D eigenvalue weighted by atomic mass is 16.3. The molecule has 8 nitrogen and oxygen atoms in total. The van der Waals surface area contributed by atoms with E-state index in [1.807, 2.05) is 0 Å². The van der Waals surface area contributed by atoms with E-state index in [0.717, 1.165) is 0 Å². The van der Waals surface area contributed by atoms with E-state index in [9.17, 15) is 15.0 Å². The molecule has 100 valence electrons. The number of H-pyrrole nitrogens is 1. The molecule has 0 saturated carbocycles. The summed E-state index contributed by atoms with van der Waals surface area (Å²) >= 11 is 0. The fourth-order valence-corrected chi connectivity index (χ4v) is 2.21. The Morgan fingerprint density at radius 3 is 2.50 bits per heavy atom. The second-order valence-electron chi connectivity index (χ2n) is 4.31. The van der Waals surface area contributed by atoms with E-state index in [-0.39, 0.29) is 18.0 Å². The number of aliphatic hydroxyl groups is 3. The number of nitrogens with one attached hydrogen (secondary N) is 2. The SMILES string of the molecule is NC(=O)c1[nH]cc(C2N[C@H](CO)[C@H](O)[C@@H]2O)c1N. The first kappa shape index (κ1) is 12.8. The van der Waals surface area contributed by atoms with Gasteiger partial charge in [0, 0.05) is 11.8 Å². The maximum Gasteiger partial charge on any atom is 0.267 e. The van der Waals surface area contributed by atoms with Gasteiger partial charge < -0.3 is 37.1 Å². The van der Waals surface area contributed by atoms with Crippen LogP contribution in [0.4, 0.5) is 5.69 Å². The molecule has 0 bridgehead atoms. The Morgan fingerprint density at radius 1 is 1.39 bits per heavy atom. The molecule has 0 radical (unpaired) electrons. The summed E-state index contributed by atoms with van der Waals surface area (Å²) in [7, 11) is 0. The maximum atomic E-state index is 11.1. The van der Waals surface area contributed by atoms with Gasteiger partial charge in [-0.2, -0.15) is 0 Å². The number of carbonyl (C=O) groups excluding carboxylic acids is 1. The Kier molecular flexibility index (Phi) is 3.26. The van der Waals surface area contributed by atoms with Crippen molar-refractivity contribution in [1.82, 2.24) is 10.3 Å². The first-order valence-corrected chi connectivity index (χ1v) is 5.47. The first-order valence-electron chi connectivity index (χ1n) is 5.47. The highest BCUT2D eigenvalue weighted by Gasteiger charge is 2.42. The Hall–Kier alpha value is -1.61. The summed E-state index contributed by atoms with van der Waals surface area (Å²) in [4.78, 5) is 13.7. The van der Waals surface area contributed by atoms with E-state index in [4.69, 9.17) is 16.6 Å². The van der Waals surface area contributed by atoms with Gasteiger partial charge in [-0.05, 0) is 0 Å². The Balaban J connectivity index is 2.30. The lowest BCUT2D eigenvalue weighted by Crippen LogP contribution is -2.35. The lowest BCUT2D eigenvalue weighted by atomic mass is 10.0. The van der Waals surface area contributed by atoms with Gasteiger partial charge in [0.05, 0.1) is 30.5 Å². The lowest BCUT2D eigenvalue weighted by Gasteiger charge is -2.15. The molecule has 1 unspecified atom stereocenters. The molecule has 0 spiro atoms. The Morgan fingerprint density at radius 2 is 2.06 bits per heavy atom. The lowest BCUT2D eigenvalue weighted by molar-refractivity contribution is 0.0195. The van der Waals surface area contributed by atoms with Gasteiger partial charge in [-0.25, -0.2) is 0 Å². The number of nitrogens with two attached hydrogens (primary N) is 2. The number of aromatic nitrogens is 1. The van der Waals surface area contributed by atoms with Crippen LogP contribution in [-0.2, 0) is 0 Å². The van der Waals surface area contributed by atoms with Crippen LogP contribution in [0.5, 0.6) is 0 Å². The van der Waals surface area contributed by atoms with Crippen LogP contribution in [0.3, 0.4) is 0 Å². The summed E-state index contributed by atoms with van der Waals surface area (Å²) in [5.41, 5.74) is 11.5. The minimum absolute atomic E-state index is 0.0564. The third kappa shape index (κ3) is 1.85. The summed E-state index contributed by atoms with van der Waals surface area (Å²) in [5, 5.41) is 31.4. The molecule has 8 heteroatoms. The van der Waals surface area contributed by atoms with E-state index in [1.165, 1.54) is 6.20 Å². The normalized spacial score (nSPS) is 31.7. The number of hydrogen-bond donors (Lipinski definition) is 7. The average Bonchev–Trinajstić information content (AvgIpc) is 2.82. The molecule has 2 rings (SSSR count). The fraction of sp³-hybridized carbons (Fsp3) is 0.500. The van der Waals surface area contributed by atoms with Crippen LogP contribution in [0, 0.1) is 0 Å². The topological polar surface area (TPSA) is 158 Å². The van der Waals surface area contributed by atoms with Crippen LogP contribution in [0.15, 0.2) is 6.20 Å². The number of nitrogen functional groups attached to an aromatic ring is 1. The Labute approximate surface area is 103 Å². The highest BCUT2D eigenvalue weighted by Crippen LogP contribution is 2.32.